The van der Waals surface area contributed by atoms with Crippen molar-refractivity contribution >= 4 is 12.2 Å². The first kappa shape index (κ1) is 29.6. The zero-order chi connectivity index (χ0) is 29.8. The van der Waals surface area contributed by atoms with Crippen LogP contribution in [0.15, 0.2) is 65.5 Å². The standard InChI is InChI=1S/C29H30F4N4O4/c1-18(34-27(38)40-28(2,3)4)37-15-5-8-23(37)26-35-25(36-41-26)20-11-14-24(22(17-20)29(31,32)33)39-16-6-7-19-9-12-21(30)13-10-19/h6-7,9-14,17,23H,1,5,8,15-16H2,2-4H3,(H,34,38)/b7-6+/t23-/m0/s1. The second-order valence-electron chi connectivity index (χ2n) is 10.4. The van der Waals surface area contributed by atoms with Crippen LogP contribution in [0.5, 0.6) is 5.75 Å². The molecular formula is C29H30F4N4O4. The van der Waals surface area contributed by atoms with Crippen LogP contribution >= 0.6 is 0 Å². The predicted molar refractivity (Wildman–Crippen MR) is 143 cm³/mol. The lowest BCUT2D eigenvalue weighted by molar-refractivity contribution is -0.138. The van der Waals surface area contributed by atoms with Gasteiger partial charge in [-0.05, 0) is 75.6 Å². The maximum absolute atomic E-state index is 13.9. The van der Waals surface area contributed by atoms with Gasteiger partial charge in [0.2, 0.25) is 11.7 Å². The Balaban J connectivity index is 1.47. The van der Waals surface area contributed by atoms with Gasteiger partial charge < -0.3 is 18.9 Å². The second kappa shape index (κ2) is 12.0. The Hall–Kier alpha value is -4.35. The Kier molecular flexibility index (Phi) is 8.69. The minimum atomic E-state index is -4.70. The predicted octanol–water partition coefficient (Wildman–Crippen LogP) is 7.12. The molecule has 4 rings (SSSR count). The van der Waals surface area contributed by atoms with Crippen LogP contribution in [0, 0.1) is 5.82 Å². The Morgan fingerprint density at radius 3 is 2.61 bits per heavy atom. The molecule has 0 unspecified atom stereocenters. The number of nitrogens with zero attached hydrogens (tertiary/aromatic N) is 3. The smallest absolute Gasteiger partial charge is 0.419 e. The number of aromatic nitrogens is 2. The molecule has 1 aliphatic rings. The van der Waals surface area contributed by atoms with Crippen molar-refractivity contribution in [2.45, 2.75) is 51.4 Å². The fraction of sp³-hybridized carbons (Fsp3) is 0.345. The van der Waals surface area contributed by atoms with Crippen molar-refractivity contribution in [2.24, 2.45) is 0 Å². The molecule has 0 aliphatic carbocycles. The first-order valence-electron chi connectivity index (χ1n) is 12.9. The highest BCUT2D eigenvalue weighted by atomic mass is 19.4. The van der Waals surface area contributed by atoms with Crippen molar-refractivity contribution in [1.82, 2.24) is 20.4 Å². The van der Waals surface area contributed by atoms with E-state index in [1.54, 1.807) is 43.9 Å². The molecule has 1 atom stereocenters. The largest absolute Gasteiger partial charge is 0.489 e. The van der Waals surface area contributed by atoms with E-state index in [2.05, 4.69) is 22.0 Å². The molecule has 0 bridgehead atoms. The summed E-state index contributed by atoms with van der Waals surface area (Å²) in [6.45, 7) is 9.55. The number of hydrogen-bond acceptors (Lipinski definition) is 7. The fourth-order valence-electron chi connectivity index (χ4n) is 4.24. The third-order valence-electron chi connectivity index (χ3n) is 6.03. The summed E-state index contributed by atoms with van der Waals surface area (Å²) in [5.41, 5.74) is -0.905. The van der Waals surface area contributed by atoms with Gasteiger partial charge in [0.25, 0.3) is 0 Å². The van der Waals surface area contributed by atoms with Crippen molar-refractivity contribution in [3.63, 3.8) is 0 Å². The van der Waals surface area contributed by atoms with Gasteiger partial charge in [0.05, 0.1) is 5.56 Å². The van der Waals surface area contributed by atoms with Crippen molar-refractivity contribution in [2.75, 3.05) is 13.2 Å². The lowest BCUT2D eigenvalue weighted by atomic mass is 10.1. The quantitative estimate of drug-likeness (QED) is 0.287. The third kappa shape index (κ3) is 7.86. The average Bonchev–Trinajstić information content (AvgIpc) is 3.56. The van der Waals surface area contributed by atoms with E-state index in [0.717, 1.165) is 12.5 Å². The number of carbonyl (C=O) groups excluding carboxylic acids is 1. The summed E-state index contributed by atoms with van der Waals surface area (Å²) >= 11 is 0. The molecule has 2 aromatic carbocycles. The topological polar surface area (TPSA) is 89.7 Å². The zero-order valence-electron chi connectivity index (χ0n) is 22.8. The van der Waals surface area contributed by atoms with Crippen molar-refractivity contribution in [3.8, 4) is 17.1 Å². The minimum absolute atomic E-state index is 0.0224. The van der Waals surface area contributed by atoms with Crippen LogP contribution in [0.4, 0.5) is 22.4 Å². The molecule has 218 valence electrons. The summed E-state index contributed by atoms with van der Waals surface area (Å²) in [6.07, 6.45) is -0.851. The van der Waals surface area contributed by atoms with E-state index < -0.39 is 29.5 Å². The van der Waals surface area contributed by atoms with Crippen LogP contribution < -0.4 is 10.1 Å². The Morgan fingerprint density at radius 1 is 1.20 bits per heavy atom. The molecule has 1 fully saturated rings. The van der Waals surface area contributed by atoms with E-state index in [-0.39, 0.29) is 41.3 Å². The van der Waals surface area contributed by atoms with Crippen molar-refractivity contribution in [1.29, 1.82) is 0 Å². The number of carbonyl (C=O) groups is 1. The fourth-order valence-corrected chi connectivity index (χ4v) is 4.24. The number of amides is 1. The van der Waals surface area contributed by atoms with Crippen LogP contribution in [0.3, 0.4) is 0 Å². The Labute approximate surface area is 234 Å². The normalized spacial score (nSPS) is 15.8. The zero-order valence-corrected chi connectivity index (χ0v) is 22.8. The van der Waals surface area contributed by atoms with Crippen LogP contribution in [0.2, 0.25) is 0 Å². The molecule has 0 saturated carbocycles. The van der Waals surface area contributed by atoms with E-state index in [1.807, 2.05) is 0 Å². The molecule has 0 radical (unpaired) electrons. The first-order valence-corrected chi connectivity index (χ1v) is 12.9. The minimum Gasteiger partial charge on any atom is -0.489 e. The van der Waals surface area contributed by atoms with Gasteiger partial charge in [0.1, 0.15) is 35.6 Å². The highest BCUT2D eigenvalue weighted by Crippen LogP contribution is 2.39. The van der Waals surface area contributed by atoms with Gasteiger partial charge in [-0.15, -0.1) is 0 Å². The van der Waals surface area contributed by atoms with Gasteiger partial charge in [-0.2, -0.15) is 18.2 Å². The SMILES string of the molecule is C=C(NC(=O)OC(C)(C)C)N1CCC[C@H]1c1nc(-c2ccc(OC/C=C/c3ccc(F)cc3)c(C(F)(F)F)c2)no1. The van der Waals surface area contributed by atoms with E-state index >= 15 is 0 Å². The van der Waals surface area contributed by atoms with Gasteiger partial charge in [0.15, 0.2) is 0 Å². The molecule has 1 N–H and O–H groups in total. The monoisotopic (exact) mass is 574 g/mol. The van der Waals surface area contributed by atoms with Crippen molar-refractivity contribution in [3.05, 3.63) is 83.8 Å². The van der Waals surface area contributed by atoms with Crippen LogP contribution in [-0.2, 0) is 10.9 Å². The number of benzene rings is 2. The molecular weight excluding hydrogens is 544 g/mol. The lowest BCUT2D eigenvalue weighted by Crippen LogP contribution is -2.37. The van der Waals surface area contributed by atoms with Gasteiger partial charge in [0, 0.05) is 12.1 Å². The molecule has 1 aromatic heterocycles. The average molecular weight is 575 g/mol. The third-order valence-corrected chi connectivity index (χ3v) is 6.03. The van der Waals surface area contributed by atoms with Gasteiger partial charge in [-0.1, -0.05) is 29.9 Å². The summed E-state index contributed by atoms with van der Waals surface area (Å²) in [4.78, 5) is 18.3. The maximum atomic E-state index is 13.9. The molecule has 2 heterocycles. The second-order valence-corrected chi connectivity index (χ2v) is 10.4. The van der Waals surface area contributed by atoms with E-state index in [9.17, 15) is 22.4 Å². The van der Waals surface area contributed by atoms with Gasteiger partial charge in [-0.3, -0.25) is 5.32 Å². The summed E-state index contributed by atoms with van der Waals surface area (Å²) in [7, 11) is 0. The molecule has 41 heavy (non-hydrogen) atoms. The first-order chi connectivity index (χ1) is 19.3. The Morgan fingerprint density at radius 2 is 1.93 bits per heavy atom. The number of ether oxygens (including phenoxy) is 2. The maximum Gasteiger partial charge on any atom is 0.419 e. The van der Waals surface area contributed by atoms with Crippen LogP contribution in [0.25, 0.3) is 17.5 Å². The number of alkyl halides is 3. The number of likely N-dealkylation sites (tertiary alicyclic amines) is 1. The van der Waals surface area contributed by atoms with E-state index in [4.69, 9.17) is 14.0 Å². The Bertz CT molecular complexity index is 1410. The van der Waals surface area contributed by atoms with E-state index in [0.29, 0.717) is 18.5 Å². The summed E-state index contributed by atoms with van der Waals surface area (Å²) in [6, 6.07) is 8.75. The van der Waals surface area contributed by atoms with Crippen LogP contribution in [-0.4, -0.2) is 39.9 Å². The highest BCUT2D eigenvalue weighted by molar-refractivity contribution is 5.69. The number of alkyl carbamates (subject to hydrolysis) is 1. The molecule has 3 aromatic rings. The van der Waals surface area contributed by atoms with E-state index in [1.165, 1.54) is 30.3 Å². The summed E-state index contributed by atoms with van der Waals surface area (Å²) in [5, 5.41) is 6.50. The summed E-state index contributed by atoms with van der Waals surface area (Å²) in [5.74, 6) is -0.297. The lowest BCUT2D eigenvalue weighted by Gasteiger charge is -2.27. The molecule has 12 heteroatoms. The molecule has 8 nitrogen and oxygen atoms in total. The van der Waals surface area contributed by atoms with Gasteiger partial charge in [-0.25, -0.2) is 9.18 Å². The number of rotatable bonds is 8. The molecule has 0 spiro atoms. The molecule has 1 saturated heterocycles. The molecule has 1 amide bonds. The number of hydrogen-bond donors (Lipinski definition) is 1. The van der Waals surface area contributed by atoms with Crippen molar-refractivity contribution < 1.29 is 36.4 Å². The van der Waals surface area contributed by atoms with Gasteiger partial charge >= 0.3 is 12.3 Å². The number of halogens is 4. The van der Waals surface area contributed by atoms with Crippen LogP contribution in [0.1, 0.15) is 56.7 Å². The summed E-state index contributed by atoms with van der Waals surface area (Å²) < 4.78 is 70.8. The highest BCUT2D eigenvalue weighted by Gasteiger charge is 2.36. The molecule has 1 aliphatic heterocycles. The number of nitrogens with one attached hydrogen (secondary N) is 1.